The smallest absolute Gasteiger partial charge is 0.132 e. The first-order valence-electron chi connectivity index (χ1n) is 5.55. The van der Waals surface area contributed by atoms with E-state index in [4.69, 9.17) is 16.0 Å². The molecule has 1 aromatic carbocycles. The first-order valence-corrected chi connectivity index (χ1v) is 5.93. The minimum Gasteiger partial charge on any atom is -0.464 e. The molecular formula is C14H15ClO2. The van der Waals surface area contributed by atoms with E-state index >= 15 is 0 Å². The van der Waals surface area contributed by atoms with Crippen LogP contribution in [0.25, 0.3) is 0 Å². The van der Waals surface area contributed by atoms with Crippen LogP contribution >= 0.6 is 11.6 Å². The third kappa shape index (κ3) is 2.90. The lowest BCUT2D eigenvalue weighted by molar-refractivity contribution is 0.149. The van der Waals surface area contributed by atoms with Gasteiger partial charge in [-0.2, -0.15) is 0 Å². The van der Waals surface area contributed by atoms with Gasteiger partial charge in [0.2, 0.25) is 0 Å². The molecule has 3 heteroatoms. The zero-order valence-electron chi connectivity index (χ0n) is 9.90. The molecule has 90 valence electrons. The molecule has 17 heavy (non-hydrogen) atoms. The highest BCUT2D eigenvalue weighted by Gasteiger charge is 2.14. The van der Waals surface area contributed by atoms with Crippen LogP contribution in [-0.2, 0) is 6.42 Å². The SMILES string of the molecule is Cc1ccc(CC(O)c2ccc(C)o2)c(Cl)c1. The second kappa shape index (κ2) is 4.94. The van der Waals surface area contributed by atoms with E-state index < -0.39 is 6.10 Å². The number of hydrogen-bond acceptors (Lipinski definition) is 2. The average molecular weight is 251 g/mol. The van der Waals surface area contributed by atoms with Crippen LogP contribution in [0.5, 0.6) is 0 Å². The topological polar surface area (TPSA) is 33.4 Å². The van der Waals surface area contributed by atoms with Gasteiger partial charge in [0.15, 0.2) is 0 Å². The summed E-state index contributed by atoms with van der Waals surface area (Å²) in [6.45, 7) is 3.84. The predicted molar refractivity (Wildman–Crippen MR) is 68.3 cm³/mol. The van der Waals surface area contributed by atoms with Crippen molar-refractivity contribution in [2.45, 2.75) is 26.4 Å². The Balaban J connectivity index is 2.15. The fourth-order valence-corrected chi connectivity index (χ4v) is 2.07. The van der Waals surface area contributed by atoms with Crippen molar-refractivity contribution >= 4 is 11.6 Å². The van der Waals surface area contributed by atoms with Gasteiger partial charge in [0.05, 0.1) is 0 Å². The Morgan fingerprint density at radius 1 is 1.24 bits per heavy atom. The first-order chi connectivity index (χ1) is 8.06. The maximum atomic E-state index is 10.0. The van der Waals surface area contributed by atoms with Gasteiger partial charge < -0.3 is 9.52 Å². The predicted octanol–water partition coefficient (Wildman–Crippen LogP) is 3.83. The number of aliphatic hydroxyl groups excluding tert-OH is 1. The minimum absolute atomic E-state index is 0.464. The molecule has 0 spiro atoms. The number of hydrogen-bond donors (Lipinski definition) is 1. The number of halogens is 1. The van der Waals surface area contributed by atoms with Gasteiger partial charge in [0, 0.05) is 11.4 Å². The van der Waals surface area contributed by atoms with E-state index in [0.717, 1.165) is 16.9 Å². The van der Waals surface area contributed by atoms with E-state index in [1.165, 1.54) is 0 Å². The van der Waals surface area contributed by atoms with Crippen molar-refractivity contribution in [3.8, 4) is 0 Å². The zero-order chi connectivity index (χ0) is 12.4. The van der Waals surface area contributed by atoms with Gasteiger partial charge >= 0.3 is 0 Å². The minimum atomic E-state index is -0.649. The summed E-state index contributed by atoms with van der Waals surface area (Å²) in [7, 11) is 0. The first kappa shape index (κ1) is 12.2. The highest BCUT2D eigenvalue weighted by atomic mass is 35.5. The Hall–Kier alpha value is -1.25. The second-order valence-corrected chi connectivity index (χ2v) is 4.67. The monoisotopic (exact) mass is 250 g/mol. The summed E-state index contributed by atoms with van der Waals surface area (Å²) >= 11 is 6.12. The van der Waals surface area contributed by atoms with Crippen molar-refractivity contribution in [2.24, 2.45) is 0 Å². The van der Waals surface area contributed by atoms with Gasteiger partial charge in [-0.25, -0.2) is 0 Å². The molecule has 0 fully saturated rings. The van der Waals surface area contributed by atoms with Crippen molar-refractivity contribution in [1.82, 2.24) is 0 Å². The zero-order valence-corrected chi connectivity index (χ0v) is 10.7. The summed E-state index contributed by atoms with van der Waals surface area (Å²) in [5, 5.41) is 10.7. The molecule has 0 radical (unpaired) electrons. The molecule has 1 unspecified atom stereocenters. The number of rotatable bonds is 3. The molecule has 2 rings (SSSR count). The Labute approximate surface area is 106 Å². The summed E-state index contributed by atoms with van der Waals surface area (Å²) in [6.07, 6.45) is -0.185. The van der Waals surface area contributed by atoms with Crippen molar-refractivity contribution in [3.05, 3.63) is 58.0 Å². The normalized spacial score (nSPS) is 12.7. The van der Waals surface area contributed by atoms with Crippen LogP contribution in [0.15, 0.2) is 34.7 Å². The van der Waals surface area contributed by atoms with Crippen molar-refractivity contribution < 1.29 is 9.52 Å². The molecule has 0 saturated heterocycles. The fraction of sp³-hybridized carbons (Fsp3) is 0.286. The van der Waals surface area contributed by atoms with Gasteiger partial charge in [-0.1, -0.05) is 23.7 Å². The van der Waals surface area contributed by atoms with Crippen molar-refractivity contribution in [1.29, 1.82) is 0 Å². The number of furan rings is 1. The molecule has 0 saturated carbocycles. The molecule has 0 aliphatic carbocycles. The lowest BCUT2D eigenvalue weighted by atomic mass is 10.0. The Bertz CT molecular complexity index is 517. The molecular weight excluding hydrogens is 236 g/mol. The maximum absolute atomic E-state index is 10.0. The van der Waals surface area contributed by atoms with E-state index in [0.29, 0.717) is 17.2 Å². The lowest BCUT2D eigenvalue weighted by Crippen LogP contribution is -2.01. The van der Waals surface area contributed by atoms with E-state index in [1.807, 2.05) is 38.1 Å². The highest BCUT2D eigenvalue weighted by molar-refractivity contribution is 6.31. The standard InChI is InChI=1S/C14H15ClO2/c1-9-3-5-11(12(15)7-9)8-13(16)14-6-4-10(2)17-14/h3-7,13,16H,8H2,1-2H3. The Morgan fingerprint density at radius 2 is 2.00 bits per heavy atom. The van der Waals surface area contributed by atoms with Crippen LogP contribution in [0.3, 0.4) is 0 Å². The van der Waals surface area contributed by atoms with Crippen LogP contribution in [0.2, 0.25) is 5.02 Å². The van der Waals surface area contributed by atoms with Gasteiger partial charge in [-0.3, -0.25) is 0 Å². The van der Waals surface area contributed by atoms with Crippen LogP contribution < -0.4 is 0 Å². The molecule has 0 aliphatic rings. The molecule has 1 heterocycles. The lowest BCUT2D eigenvalue weighted by Gasteiger charge is -2.10. The molecule has 1 atom stereocenters. The maximum Gasteiger partial charge on any atom is 0.132 e. The number of aliphatic hydroxyl groups is 1. The third-order valence-electron chi connectivity index (χ3n) is 2.71. The summed E-state index contributed by atoms with van der Waals surface area (Å²) in [5.41, 5.74) is 2.04. The van der Waals surface area contributed by atoms with Gasteiger partial charge in [-0.15, -0.1) is 0 Å². The largest absolute Gasteiger partial charge is 0.464 e. The van der Waals surface area contributed by atoms with Crippen LogP contribution in [0.1, 0.15) is 28.8 Å². The van der Waals surface area contributed by atoms with E-state index in [-0.39, 0.29) is 0 Å². The van der Waals surface area contributed by atoms with Crippen molar-refractivity contribution in [2.75, 3.05) is 0 Å². The molecule has 0 amide bonds. The molecule has 0 bridgehead atoms. The van der Waals surface area contributed by atoms with E-state index in [2.05, 4.69) is 0 Å². The summed E-state index contributed by atoms with van der Waals surface area (Å²) in [4.78, 5) is 0. The van der Waals surface area contributed by atoms with Crippen LogP contribution in [0.4, 0.5) is 0 Å². The van der Waals surface area contributed by atoms with Gasteiger partial charge in [0.25, 0.3) is 0 Å². The quantitative estimate of drug-likeness (QED) is 0.898. The molecule has 1 aromatic heterocycles. The number of aryl methyl sites for hydroxylation is 2. The Kier molecular flexibility index (Phi) is 3.55. The third-order valence-corrected chi connectivity index (χ3v) is 3.06. The average Bonchev–Trinajstić information content (AvgIpc) is 2.69. The summed E-state index contributed by atoms with van der Waals surface area (Å²) < 4.78 is 5.39. The number of benzene rings is 1. The van der Waals surface area contributed by atoms with E-state index in [9.17, 15) is 5.11 Å². The molecule has 2 nitrogen and oxygen atoms in total. The van der Waals surface area contributed by atoms with Gasteiger partial charge in [0.1, 0.15) is 17.6 Å². The molecule has 1 N–H and O–H groups in total. The molecule has 2 aromatic rings. The van der Waals surface area contributed by atoms with Gasteiger partial charge in [-0.05, 0) is 43.2 Å². The van der Waals surface area contributed by atoms with Crippen LogP contribution in [-0.4, -0.2) is 5.11 Å². The second-order valence-electron chi connectivity index (χ2n) is 4.26. The summed E-state index contributed by atoms with van der Waals surface area (Å²) in [5.74, 6) is 1.38. The van der Waals surface area contributed by atoms with Crippen molar-refractivity contribution in [3.63, 3.8) is 0 Å². The Morgan fingerprint density at radius 3 is 2.59 bits per heavy atom. The summed E-state index contributed by atoms with van der Waals surface area (Å²) in [6, 6.07) is 9.46. The fourth-order valence-electron chi connectivity index (χ4n) is 1.76. The van der Waals surface area contributed by atoms with Crippen LogP contribution in [0, 0.1) is 13.8 Å². The molecule has 0 aliphatic heterocycles. The highest BCUT2D eigenvalue weighted by Crippen LogP contribution is 2.25. The van der Waals surface area contributed by atoms with E-state index in [1.54, 1.807) is 6.07 Å².